The van der Waals surface area contributed by atoms with E-state index in [1.165, 1.54) is 16.9 Å². The number of alkyl halides is 1. The smallest absolute Gasteiger partial charge is 0.258 e. The zero-order valence-electron chi connectivity index (χ0n) is 8.38. The fraction of sp³-hybridized carbons (Fsp3) is 0.111. The van der Waals surface area contributed by atoms with Gasteiger partial charge in [-0.25, -0.2) is 4.68 Å². The number of nitro benzene ring substituents is 1. The Hall–Kier alpha value is -2.02. The van der Waals surface area contributed by atoms with Crippen LogP contribution in [0.4, 0.5) is 10.1 Å². The fourth-order valence-electron chi connectivity index (χ4n) is 1.27. The summed E-state index contributed by atoms with van der Waals surface area (Å²) in [5, 5.41) is 18.0. The normalized spacial score (nSPS) is 10.5. The Morgan fingerprint density at radius 2 is 2.29 bits per heavy atom. The van der Waals surface area contributed by atoms with Crippen LogP contribution in [0, 0.1) is 15.9 Å². The number of halogens is 2. The van der Waals surface area contributed by atoms with Crippen LogP contribution in [-0.4, -0.2) is 19.9 Å². The molecule has 88 valence electrons. The summed E-state index contributed by atoms with van der Waals surface area (Å²) in [5.74, 6) is -0.708. The zero-order valence-corrected chi connectivity index (χ0v) is 9.13. The molecule has 0 N–H and O–H groups in total. The highest BCUT2D eigenvalue weighted by Crippen LogP contribution is 2.20. The lowest BCUT2D eigenvalue weighted by Gasteiger charge is -2.00. The van der Waals surface area contributed by atoms with Gasteiger partial charge >= 0.3 is 5.69 Å². The van der Waals surface area contributed by atoms with Gasteiger partial charge in [0.15, 0.2) is 0 Å². The summed E-state index contributed by atoms with van der Waals surface area (Å²) in [5.41, 5.74) is 0.269. The van der Waals surface area contributed by atoms with Crippen molar-refractivity contribution >= 4 is 17.3 Å². The SMILES string of the molecule is O=[N+]([O-])c1cc(-n2cc(CCl)nn2)ccc1F. The molecule has 0 aliphatic carbocycles. The number of nitrogens with zero attached hydrogens (tertiary/aromatic N) is 4. The standard InChI is InChI=1S/C9H6ClFN4O2/c10-4-6-5-14(13-12-6)7-1-2-8(11)9(3-7)15(16)17/h1-3,5H,4H2. The first-order chi connectivity index (χ1) is 8.11. The van der Waals surface area contributed by atoms with Crippen LogP contribution >= 0.6 is 11.6 Å². The molecule has 0 radical (unpaired) electrons. The monoisotopic (exact) mass is 256 g/mol. The van der Waals surface area contributed by atoms with E-state index in [2.05, 4.69) is 10.3 Å². The maximum absolute atomic E-state index is 13.1. The van der Waals surface area contributed by atoms with Crippen LogP contribution in [0.5, 0.6) is 0 Å². The fourth-order valence-corrected chi connectivity index (χ4v) is 1.39. The molecule has 6 nitrogen and oxygen atoms in total. The summed E-state index contributed by atoms with van der Waals surface area (Å²) in [6, 6.07) is 3.46. The van der Waals surface area contributed by atoms with E-state index >= 15 is 0 Å². The predicted octanol–water partition coefficient (Wildman–Crippen LogP) is 2.05. The van der Waals surface area contributed by atoms with E-state index in [4.69, 9.17) is 11.6 Å². The molecular weight excluding hydrogens is 251 g/mol. The lowest BCUT2D eigenvalue weighted by Crippen LogP contribution is -1.98. The van der Waals surface area contributed by atoms with Crippen molar-refractivity contribution in [2.24, 2.45) is 0 Å². The van der Waals surface area contributed by atoms with E-state index in [9.17, 15) is 14.5 Å². The van der Waals surface area contributed by atoms with Gasteiger partial charge < -0.3 is 0 Å². The number of benzene rings is 1. The van der Waals surface area contributed by atoms with Gasteiger partial charge in [-0.05, 0) is 12.1 Å². The van der Waals surface area contributed by atoms with Crippen LogP contribution in [0.2, 0.25) is 0 Å². The Bertz CT molecular complexity index is 572. The third-order valence-corrected chi connectivity index (χ3v) is 2.34. The average molecular weight is 257 g/mol. The topological polar surface area (TPSA) is 73.8 Å². The molecule has 0 amide bonds. The molecule has 0 aliphatic rings. The van der Waals surface area contributed by atoms with E-state index in [0.717, 1.165) is 12.1 Å². The minimum atomic E-state index is -0.892. The molecule has 0 spiro atoms. The van der Waals surface area contributed by atoms with Crippen LogP contribution in [0.15, 0.2) is 24.4 Å². The number of aromatic nitrogens is 3. The second-order valence-corrected chi connectivity index (χ2v) is 3.45. The second-order valence-electron chi connectivity index (χ2n) is 3.18. The molecule has 1 aromatic carbocycles. The molecule has 0 atom stereocenters. The second kappa shape index (κ2) is 4.46. The first kappa shape index (κ1) is 11.5. The molecule has 2 rings (SSSR count). The molecule has 0 saturated heterocycles. The molecule has 0 aliphatic heterocycles. The molecule has 1 heterocycles. The highest BCUT2D eigenvalue weighted by molar-refractivity contribution is 6.16. The summed E-state index contributed by atoms with van der Waals surface area (Å²) in [6.07, 6.45) is 1.52. The molecule has 8 heteroatoms. The van der Waals surface area contributed by atoms with Crippen LogP contribution in [0.3, 0.4) is 0 Å². The van der Waals surface area contributed by atoms with Crippen molar-refractivity contribution in [1.29, 1.82) is 0 Å². The van der Waals surface area contributed by atoms with Gasteiger partial charge in [0, 0.05) is 6.07 Å². The summed E-state index contributed by atoms with van der Waals surface area (Å²) in [7, 11) is 0. The lowest BCUT2D eigenvalue weighted by molar-refractivity contribution is -0.387. The van der Waals surface area contributed by atoms with Crippen molar-refractivity contribution in [3.8, 4) is 5.69 Å². The Kier molecular flexibility index (Phi) is 3.01. The molecule has 0 bridgehead atoms. The Morgan fingerprint density at radius 3 is 2.88 bits per heavy atom. The largest absolute Gasteiger partial charge is 0.306 e. The van der Waals surface area contributed by atoms with Crippen molar-refractivity contribution in [1.82, 2.24) is 15.0 Å². The van der Waals surface area contributed by atoms with Gasteiger partial charge in [-0.3, -0.25) is 10.1 Å². The third kappa shape index (κ3) is 2.23. The van der Waals surface area contributed by atoms with Crippen LogP contribution in [-0.2, 0) is 5.88 Å². The molecule has 0 fully saturated rings. The highest BCUT2D eigenvalue weighted by atomic mass is 35.5. The van der Waals surface area contributed by atoms with Gasteiger partial charge in [0.25, 0.3) is 0 Å². The Labute approximate surface area is 99.8 Å². The highest BCUT2D eigenvalue weighted by Gasteiger charge is 2.15. The minimum absolute atomic E-state index is 0.184. The van der Waals surface area contributed by atoms with Crippen molar-refractivity contribution in [3.05, 3.63) is 46.0 Å². The number of hydrogen-bond donors (Lipinski definition) is 0. The van der Waals surface area contributed by atoms with Gasteiger partial charge in [0.2, 0.25) is 5.82 Å². The quantitative estimate of drug-likeness (QED) is 0.479. The number of rotatable bonds is 3. The van der Waals surface area contributed by atoms with Crippen molar-refractivity contribution in [3.63, 3.8) is 0 Å². The molecule has 0 unspecified atom stereocenters. The minimum Gasteiger partial charge on any atom is -0.258 e. The Balaban J connectivity index is 2.46. The van der Waals surface area contributed by atoms with Gasteiger partial charge in [-0.2, -0.15) is 4.39 Å². The van der Waals surface area contributed by atoms with Crippen LogP contribution < -0.4 is 0 Å². The van der Waals surface area contributed by atoms with Crippen LogP contribution in [0.1, 0.15) is 5.69 Å². The molecular formula is C9H6ClFN4O2. The predicted molar refractivity (Wildman–Crippen MR) is 57.5 cm³/mol. The maximum atomic E-state index is 13.1. The van der Waals surface area contributed by atoms with Gasteiger partial charge in [-0.15, -0.1) is 16.7 Å². The van der Waals surface area contributed by atoms with E-state index in [0.29, 0.717) is 11.4 Å². The summed E-state index contributed by atoms with van der Waals surface area (Å²) < 4.78 is 14.4. The van der Waals surface area contributed by atoms with E-state index in [1.807, 2.05) is 0 Å². The average Bonchev–Trinajstić information content (AvgIpc) is 2.78. The lowest BCUT2D eigenvalue weighted by atomic mass is 10.2. The van der Waals surface area contributed by atoms with E-state index in [1.54, 1.807) is 0 Å². The summed E-state index contributed by atoms with van der Waals surface area (Å²) in [6.45, 7) is 0. The molecule has 1 aromatic heterocycles. The first-order valence-electron chi connectivity index (χ1n) is 4.53. The molecule has 0 saturated carbocycles. The first-order valence-corrected chi connectivity index (χ1v) is 5.07. The molecule has 2 aromatic rings. The van der Waals surface area contributed by atoms with Crippen LogP contribution in [0.25, 0.3) is 5.69 Å². The number of nitro groups is 1. The van der Waals surface area contributed by atoms with Crippen molar-refractivity contribution < 1.29 is 9.31 Å². The van der Waals surface area contributed by atoms with Gasteiger partial charge in [0.1, 0.15) is 0 Å². The van der Waals surface area contributed by atoms with Crippen molar-refractivity contribution in [2.75, 3.05) is 0 Å². The summed E-state index contributed by atoms with van der Waals surface area (Å²) in [4.78, 5) is 9.77. The van der Waals surface area contributed by atoms with Gasteiger partial charge in [-0.1, -0.05) is 5.21 Å². The Morgan fingerprint density at radius 1 is 1.53 bits per heavy atom. The third-order valence-electron chi connectivity index (χ3n) is 2.07. The summed E-state index contributed by atoms with van der Waals surface area (Å²) >= 11 is 5.55. The zero-order chi connectivity index (χ0) is 12.4. The number of hydrogen-bond acceptors (Lipinski definition) is 4. The van der Waals surface area contributed by atoms with E-state index in [-0.39, 0.29) is 5.88 Å². The van der Waals surface area contributed by atoms with E-state index < -0.39 is 16.4 Å². The maximum Gasteiger partial charge on any atom is 0.306 e. The van der Waals surface area contributed by atoms with Crippen molar-refractivity contribution in [2.45, 2.75) is 5.88 Å². The van der Waals surface area contributed by atoms with Gasteiger partial charge in [0.05, 0.1) is 28.4 Å². The molecule has 17 heavy (non-hydrogen) atoms.